The predicted molar refractivity (Wildman–Crippen MR) is 93.8 cm³/mol. The molecular formula is C19H24N2O. The predicted octanol–water partition coefficient (Wildman–Crippen LogP) is 5.07. The third kappa shape index (κ3) is 3.67. The molecule has 0 atom stereocenters. The Balaban J connectivity index is 2.13. The fraction of sp³-hybridized carbons (Fsp3) is 0.316. The molecule has 0 aliphatic rings. The molecule has 116 valence electrons. The molecule has 2 amide bonds. The molecule has 0 aromatic heterocycles. The lowest BCUT2D eigenvalue weighted by atomic mass is 10.0. The Morgan fingerprint density at radius 3 is 2.36 bits per heavy atom. The topological polar surface area (TPSA) is 41.1 Å². The van der Waals surface area contributed by atoms with Crippen molar-refractivity contribution in [2.75, 3.05) is 10.6 Å². The summed E-state index contributed by atoms with van der Waals surface area (Å²) in [4.78, 5) is 12.2. The van der Waals surface area contributed by atoms with Gasteiger partial charge in [-0.05, 0) is 67.1 Å². The Morgan fingerprint density at radius 2 is 1.73 bits per heavy atom. The van der Waals surface area contributed by atoms with Gasteiger partial charge in [-0.3, -0.25) is 0 Å². The molecule has 0 aliphatic carbocycles. The number of benzene rings is 2. The SMILES string of the molecule is CCc1cccc(NC(=O)Nc2ccc(C)c(C)c2)c1CC. The average Bonchev–Trinajstić information content (AvgIpc) is 2.50. The first-order chi connectivity index (χ1) is 10.5. The van der Waals surface area contributed by atoms with Gasteiger partial charge in [0.15, 0.2) is 0 Å². The molecule has 0 bridgehead atoms. The van der Waals surface area contributed by atoms with Gasteiger partial charge in [0.2, 0.25) is 0 Å². The summed E-state index contributed by atoms with van der Waals surface area (Å²) >= 11 is 0. The van der Waals surface area contributed by atoms with Crippen molar-refractivity contribution in [1.29, 1.82) is 0 Å². The number of rotatable bonds is 4. The highest BCUT2D eigenvalue weighted by Gasteiger charge is 2.09. The zero-order chi connectivity index (χ0) is 16.1. The lowest BCUT2D eigenvalue weighted by Gasteiger charge is -2.14. The van der Waals surface area contributed by atoms with Crippen molar-refractivity contribution in [3.8, 4) is 0 Å². The summed E-state index contributed by atoms with van der Waals surface area (Å²) < 4.78 is 0. The highest BCUT2D eigenvalue weighted by atomic mass is 16.2. The number of amides is 2. The van der Waals surface area contributed by atoms with E-state index in [4.69, 9.17) is 0 Å². The second-order valence-electron chi connectivity index (χ2n) is 5.53. The van der Waals surface area contributed by atoms with Crippen molar-refractivity contribution in [3.63, 3.8) is 0 Å². The van der Waals surface area contributed by atoms with Crippen LogP contribution in [0.5, 0.6) is 0 Å². The Kier molecular flexibility index (Phi) is 5.21. The lowest BCUT2D eigenvalue weighted by Crippen LogP contribution is -2.20. The molecule has 0 fully saturated rings. The summed E-state index contributed by atoms with van der Waals surface area (Å²) in [5, 5.41) is 5.87. The third-order valence-corrected chi connectivity index (χ3v) is 4.02. The van der Waals surface area contributed by atoms with E-state index in [0.29, 0.717) is 0 Å². The van der Waals surface area contributed by atoms with Crippen LogP contribution in [0.1, 0.15) is 36.1 Å². The molecule has 0 saturated heterocycles. The summed E-state index contributed by atoms with van der Waals surface area (Å²) in [5.74, 6) is 0. The second-order valence-corrected chi connectivity index (χ2v) is 5.53. The zero-order valence-electron chi connectivity index (χ0n) is 13.8. The standard InChI is InChI=1S/C19H24N2O/c1-5-15-8-7-9-18(17(15)6-2)21-19(22)20-16-11-10-13(3)14(4)12-16/h7-12H,5-6H2,1-4H3,(H2,20,21,22). The molecule has 0 radical (unpaired) electrons. The number of carbonyl (C=O) groups is 1. The van der Waals surface area contributed by atoms with Crippen LogP contribution in [0.2, 0.25) is 0 Å². The molecule has 3 heteroatoms. The van der Waals surface area contributed by atoms with Crippen LogP contribution in [-0.2, 0) is 12.8 Å². The monoisotopic (exact) mass is 296 g/mol. The highest BCUT2D eigenvalue weighted by molar-refractivity contribution is 6.00. The Bertz CT molecular complexity index is 677. The van der Waals surface area contributed by atoms with E-state index < -0.39 is 0 Å². The number of nitrogens with one attached hydrogen (secondary N) is 2. The van der Waals surface area contributed by atoms with Gasteiger partial charge >= 0.3 is 6.03 Å². The van der Waals surface area contributed by atoms with Gasteiger partial charge in [0.05, 0.1) is 0 Å². The van der Waals surface area contributed by atoms with Gasteiger partial charge in [-0.1, -0.05) is 32.0 Å². The van der Waals surface area contributed by atoms with E-state index in [0.717, 1.165) is 24.2 Å². The van der Waals surface area contributed by atoms with Gasteiger partial charge in [-0.25, -0.2) is 4.79 Å². The molecule has 2 aromatic carbocycles. The molecule has 0 spiro atoms. The molecule has 3 nitrogen and oxygen atoms in total. The molecule has 0 aliphatic heterocycles. The number of hydrogen-bond donors (Lipinski definition) is 2. The van der Waals surface area contributed by atoms with E-state index >= 15 is 0 Å². The molecular weight excluding hydrogens is 272 g/mol. The van der Waals surface area contributed by atoms with Crippen LogP contribution in [0.15, 0.2) is 36.4 Å². The van der Waals surface area contributed by atoms with Gasteiger partial charge < -0.3 is 10.6 Å². The van der Waals surface area contributed by atoms with Gasteiger partial charge in [-0.2, -0.15) is 0 Å². The number of urea groups is 1. The van der Waals surface area contributed by atoms with Crippen molar-refractivity contribution in [2.45, 2.75) is 40.5 Å². The Hall–Kier alpha value is -2.29. The molecule has 2 N–H and O–H groups in total. The minimum absolute atomic E-state index is 0.203. The summed E-state index contributed by atoms with van der Waals surface area (Å²) in [5.41, 5.74) is 6.58. The normalized spacial score (nSPS) is 10.4. The van der Waals surface area contributed by atoms with Gasteiger partial charge in [-0.15, -0.1) is 0 Å². The minimum atomic E-state index is -0.203. The van der Waals surface area contributed by atoms with Crippen LogP contribution < -0.4 is 10.6 Å². The third-order valence-electron chi connectivity index (χ3n) is 4.02. The van der Waals surface area contributed by atoms with Crippen molar-refractivity contribution in [1.82, 2.24) is 0 Å². The molecule has 2 aromatic rings. The number of hydrogen-bond acceptors (Lipinski definition) is 1. The number of aryl methyl sites for hydroxylation is 3. The second kappa shape index (κ2) is 7.12. The van der Waals surface area contributed by atoms with Gasteiger partial charge in [0, 0.05) is 11.4 Å². The van der Waals surface area contributed by atoms with Crippen molar-refractivity contribution in [2.24, 2.45) is 0 Å². The summed E-state index contributed by atoms with van der Waals surface area (Å²) in [6, 6.07) is 11.8. The maximum atomic E-state index is 12.2. The van der Waals surface area contributed by atoms with Crippen LogP contribution in [0.4, 0.5) is 16.2 Å². The Labute approximate surface area is 132 Å². The van der Waals surface area contributed by atoms with Crippen LogP contribution >= 0.6 is 0 Å². The summed E-state index contributed by atoms with van der Waals surface area (Å²) in [7, 11) is 0. The molecule has 0 saturated carbocycles. The fourth-order valence-electron chi connectivity index (χ4n) is 2.60. The van der Waals surface area contributed by atoms with Crippen molar-refractivity contribution in [3.05, 3.63) is 58.7 Å². The van der Waals surface area contributed by atoms with E-state index in [1.54, 1.807) is 0 Å². The van der Waals surface area contributed by atoms with Gasteiger partial charge in [0.1, 0.15) is 0 Å². The van der Waals surface area contributed by atoms with Gasteiger partial charge in [0.25, 0.3) is 0 Å². The van der Waals surface area contributed by atoms with E-state index in [1.807, 2.05) is 37.3 Å². The first-order valence-electron chi connectivity index (χ1n) is 7.81. The maximum Gasteiger partial charge on any atom is 0.323 e. The summed E-state index contributed by atoms with van der Waals surface area (Å²) in [6.45, 7) is 8.34. The zero-order valence-corrected chi connectivity index (χ0v) is 13.8. The van der Waals surface area contributed by atoms with E-state index in [-0.39, 0.29) is 6.03 Å². The van der Waals surface area contributed by atoms with E-state index in [2.05, 4.69) is 37.5 Å². The number of carbonyl (C=O) groups excluding carboxylic acids is 1. The summed E-state index contributed by atoms with van der Waals surface area (Å²) in [6.07, 6.45) is 1.88. The van der Waals surface area contributed by atoms with Crippen LogP contribution in [0, 0.1) is 13.8 Å². The van der Waals surface area contributed by atoms with E-state index in [1.165, 1.54) is 22.3 Å². The molecule has 0 heterocycles. The van der Waals surface area contributed by atoms with E-state index in [9.17, 15) is 4.79 Å². The molecule has 2 rings (SSSR count). The van der Waals surface area contributed by atoms with Crippen molar-refractivity contribution < 1.29 is 4.79 Å². The molecule has 0 unspecified atom stereocenters. The van der Waals surface area contributed by atoms with Crippen LogP contribution in [-0.4, -0.2) is 6.03 Å². The first-order valence-corrected chi connectivity index (χ1v) is 7.81. The maximum absolute atomic E-state index is 12.2. The highest BCUT2D eigenvalue weighted by Crippen LogP contribution is 2.22. The Morgan fingerprint density at radius 1 is 0.955 bits per heavy atom. The largest absolute Gasteiger partial charge is 0.323 e. The first kappa shape index (κ1) is 16.1. The van der Waals surface area contributed by atoms with Crippen LogP contribution in [0.25, 0.3) is 0 Å². The van der Waals surface area contributed by atoms with Crippen molar-refractivity contribution >= 4 is 17.4 Å². The lowest BCUT2D eigenvalue weighted by molar-refractivity contribution is 0.262. The molecule has 22 heavy (non-hydrogen) atoms. The smallest absolute Gasteiger partial charge is 0.308 e. The average molecular weight is 296 g/mol. The van der Waals surface area contributed by atoms with Crippen LogP contribution in [0.3, 0.4) is 0 Å². The fourth-order valence-corrected chi connectivity index (χ4v) is 2.60. The quantitative estimate of drug-likeness (QED) is 0.812. The number of anilines is 2. The minimum Gasteiger partial charge on any atom is -0.308 e.